The number of nitrogens with one attached hydrogen (secondary N) is 1. The zero-order valence-electron chi connectivity index (χ0n) is 9.67. The molecule has 2 aliphatic carbocycles. The van der Waals surface area contributed by atoms with Crippen LogP contribution >= 0.6 is 11.8 Å². The first-order valence-electron chi connectivity index (χ1n) is 6.28. The number of rotatable bonds is 5. The van der Waals surface area contributed by atoms with E-state index in [1.54, 1.807) is 0 Å². The Morgan fingerprint density at radius 2 is 2.20 bits per heavy atom. The van der Waals surface area contributed by atoms with Crippen LogP contribution in [-0.2, 0) is 0 Å². The van der Waals surface area contributed by atoms with E-state index in [9.17, 15) is 5.11 Å². The molecular weight excluding hydrogens is 206 g/mol. The lowest BCUT2D eigenvalue weighted by molar-refractivity contribution is 0.122. The molecular formula is C12H23NOS. The van der Waals surface area contributed by atoms with Crippen molar-refractivity contribution in [3.05, 3.63) is 0 Å². The van der Waals surface area contributed by atoms with Crippen LogP contribution in [0, 0.1) is 0 Å². The SMILES string of the molecule is CCSC1CCCC(CO)(NC2CC2)C1. The van der Waals surface area contributed by atoms with E-state index in [-0.39, 0.29) is 5.54 Å². The Labute approximate surface area is 97.2 Å². The third-order valence-electron chi connectivity index (χ3n) is 3.59. The van der Waals surface area contributed by atoms with Gasteiger partial charge in [-0.2, -0.15) is 11.8 Å². The Morgan fingerprint density at radius 3 is 2.80 bits per heavy atom. The second-order valence-electron chi connectivity index (χ2n) is 5.03. The Balaban J connectivity index is 1.90. The van der Waals surface area contributed by atoms with Crippen LogP contribution in [0.5, 0.6) is 0 Å². The largest absolute Gasteiger partial charge is 0.394 e. The minimum atomic E-state index is 0.0618. The van der Waals surface area contributed by atoms with Crippen LogP contribution in [0.1, 0.15) is 45.4 Å². The smallest absolute Gasteiger partial charge is 0.0613 e. The van der Waals surface area contributed by atoms with Gasteiger partial charge in [0.25, 0.3) is 0 Å². The minimum Gasteiger partial charge on any atom is -0.394 e. The number of thioether (sulfide) groups is 1. The van der Waals surface area contributed by atoms with E-state index in [0.717, 1.165) is 5.25 Å². The molecule has 2 aliphatic rings. The molecule has 0 saturated heterocycles. The Kier molecular flexibility index (Phi) is 3.97. The van der Waals surface area contributed by atoms with Gasteiger partial charge in [-0.05, 0) is 37.9 Å². The first-order valence-corrected chi connectivity index (χ1v) is 7.33. The Bertz CT molecular complexity index is 206. The van der Waals surface area contributed by atoms with Crippen molar-refractivity contribution in [2.24, 2.45) is 0 Å². The van der Waals surface area contributed by atoms with E-state index < -0.39 is 0 Å². The van der Waals surface area contributed by atoms with E-state index in [0.29, 0.717) is 12.6 Å². The quantitative estimate of drug-likeness (QED) is 0.758. The molecule has 0 radical (unpaired) electrons. The molecule has 2 unspecified atom stereocenters. The highest BCUT2D eigenvalue weighted by Crippen LogP contribution is 2.37. The summed E-state index contributed by atoms with van der Waals surface area (Å²) < 4.78 is 0. The molecule has 3 heteroatoms. The Morgan fingerprint density at radius 1 is 1.40 bits per heavy atom. The summed E-state index contributed by atoms with van der Waals surface area (Å²) in [6, 6.07) is 0.711. The van der Waals surface area contributed by atoms with Crippen LogP contribution in [0.2, 0.25) is 0 Å². The molecule has 2 saturated carbocycles. The highest BCUT2D eigenvalue weighted by molar-refractivity contribution is 7.99. The Hall–Kier alpha value is 0.270. The predicted octanol–water partition coefficient (Wildman–Crippen LogP) is 2.17. The molecule has 2 fully saturated rings. The highest BCUT2D eigenvalue weighted by atomic mass is 32.2. The van der Waals surface area contributed by atoms with Gasteiger partial charge in [0, 0.05) is 16.8 Å². The van der Waals surface area contributed by atoms with E-state index in [1.165, 1.54) is 44.3 Å². The lowest BCUT2D eigenvalue weighted by Crippen LogP contribution is -2.53. The fraction of sp³-hybridized carbons (Fsp3) is 1.00. The van der Waals surface area contributed by atoms with Crippen molar-refractivity contribution in [1.29, 1.82) is 0 Å². The minimum absolute atomic E-state index is 0.0618. The molecule has 2 atom stereocenters. The molecule has 2 rings (SSSR count). The second-order valence-corrected chi connectivity index (χ2v) is 6.61. The van der Waals surface area contributed by atoms with Crippen molar-refractivity contribution in [3.63, 3.8) is 0 Å². The molecule has 0 aliphatic heterocycles. The summed E-state index contributed by atoms with van der Waals surface area (Å²) in [4.78, 5) is 0. The van der Waals surface area contributed by atoms with Crippen molar-refractivity contribution in [3.8, 4) is 0 Å². The van der Waals surface area contributed by atoms with Gasteiger partial charge in [-0.15, -0.1) is 0 Å². The molecule has 88 valence electrons. The van der Waals surface area contributed by atoms with Crippen molar-refractivity contribution in [2.45, 2.75) is 62.3 Å². The van der Waals surface area contributed by atoms with Crippen LogP contribution in [0.3, 0.4) is 0 Å². The van der Waals surface area contributed by atoms with Crippen molar-refractivity contribution >= 4 is 11.8 Å². The molecule has 0 aromatic carbocycles. The van der Waals surface area contributed by atoms with Gasteiger partial charge in [-0.25, -0.2) is 0 Å². The summed E-state index contributed by atoms with van der Waals surface area (Å²) in [5, 5.41) is 14.1. The second kappa shape index (κ2) is 5.07. The highest BCUT2D eigenvalue weighted by Gasteiger charge is 2.39. The van der Waals surface area contributed by atoms with Crippen molar-refractivity contribution < 1.29 is 5.11 Å². The van der Waals surface area contributed by atoms with Crippen molar-refractivity contribution in [2.75, 3.05) is 12.4 Å². The van der Waals surface area contributed by atoms with Crippen LogP contribution in [0.15, 0.2) is 0 Å². The van der Waals surface area contributed by atoms with E-state index in [4.69, 9.17) is 0 Å². The van der Waals surface area contributed by atoms with E-state index in [2.05, 4.69) is 24.0 Å². The van der Waals surface area contributed by atoms with Gasteiger partial charge < -0.3 is 10.4 Å². The molecule has 0 bridgehead atoms. The molecule has 2 nitrogen and oxygen atoms in total. The normalized spacial score (nSPS) is 36.8. The first-order chi connectivity index (χ1) is 7.28. The summed E-state index contributed by atoms with van der Waals surface area (Å²) in [5.41, 5.74) is 0.0618. The van der Waals surface area contributed by atoms with Crippen LogP contribution in [0.4, 0.5) is 0 Å². The molecule has 0 heterocycles. The maximum absolute atomic E-state index is 9.63. The summed E-state index contributed by atoms with van der Waals surface area (Å²) in [7, 11) is 0. The van der Waals surface area contributed by atoms with Gasteiger partial charge in [0.15, 0.2) is 0 Å². The average Bonchev–Trinajstić information content (AvgIpc) is 3.03. The van der Waals surface area contributed by atoms with E-state index in [1.807, 2.05) is 0 Å². The predicted molar refractivity (Wildman–Crippen MR) is 66.4 cm³/mol. The number of hydrogen-bond donors (Lipinski definition) is 2. The van der Waals surface area contributed by atoms with Crippen LogP contribution in [-0.4, -0.2) is 34.3 Å². The van der Waals surface area contributed by atoms with Gasteiger partial charge in [-0.1, -0.05) is 13.3 Å². The fourth-order valence-electron chi connectivity index (χ4n) is 2.67. The summed E-state index contributed by atoms with van der Waals surface area (Å²) in [6.45, 7) is 2.55. The van der Waals surface area contributed by atoms with Crippen LogP contribution in [0.25, 0.3) is 0 Å². The number of hydrogen-bond acceptors (Lipinski definition) is 3. The molecule has 0 aromatic heterocycles. The van der Waals surface area contributed by atoms with Gasteiger partial charge in [0.2, 0.25) is 0 Å². The third kappa shape index (κ3) is 3.11. The standard InChI is InChI=1S/C12H23NOS/c1-2-15-11-4-3-7-12(8-11,9-14)13-10-5-6-10/h10-11,13-14H,2-9H2,1H3. The molecule has 0 amide bonds. The summed E-state index contributed by atoms with van der Waals surface area (Å²) >= 11 is 2.07. The first kappa shape index (κ1) is 11.7. The van der Waals surface area contributed by atoms with Gasteiger partial charge >= 0.3 is 0 Å². The van der Waals surface area contributed by atoms with Crippen molar-refractivity contribution in [1.82, 2.24) is 5.32 Å². The summed E-state index contributed by atoms with van der Waals surface area (Å²) in [6.07, 6.45) is 7.57. The molecule has 15 heavy (non-hydrogen) atoms. The average molecular weight is 229 g/mol. The topological polar surface area (TPSA) is 32.3 Å². The zero-order valence-corrected chi connectivity index (χ0v) is 10.5. The summed E-state index contributed by atoms with van der Waals surface area (Å²) in [5.74, 6) is 1.20. The van der Waals surface area contributed by atoms with E-state index >= 15 is 0 Å². The molecule has 0 spiro atoms. The fourth-order valence-corrected chi connectivity index (χ4v) is 3.91. The van der Waals surface area contributed by atoms with Gasteiger partial charge in [-0.3, -0.25) is 0 Å². The maximum Gasteiger partial charge on any atom is 0.0613 e. The van der Waals surface area contributed by atoms with Gasteiger partial charge in [0.1, 0.15) is 0 Å². The lowest BCUT2D eigenvalue weighted by Gasteiger charge is -2.40. The van der Waals surface area contributed by atoms with Gasteiger partial charge in [0.05, 0.1) is 6.61 Å². The molecule has 2 N–H and O–H groups in total. The zero-order chi connectivity index (χ0) is 10.7. The monoisotopic (exact) mass is 229 g/mol. The number of aliphatic hydroxyl groups is 1. The van der Waals surface area contributed by atoms with Crippen LogP contribution < -0.4 is 5.32 Å². The lowest BCUT2D eigenvalue weighted by atomic mass is 9.82. The maximum atomic E-state index is 9.63. The third-order valence-corrected chi connectivity index (χ3v) is 4.80. The molecule has 0 aromatic rings. The number of aliphatic hydroxyl groups excluding tert-OH is 1.